The van der Waals surface area contributed by atoms with Crippen molar-refractivity contribution in [3.8, 4) is 5.75 Å². The third-order valence-electron chi connectivity index (χ3n) is 2.59. The van der Waals surface area contributed by atoms with Crippen molar-refractivity contribution in [3.05, 3.63) is 41.7 Å². The van der Waals surface area contributed by atoms with E-state index in [0.29, 0.717) is 18.8 Å². The summed E-state index contributed by atoms with van der Waals surface area (Å²) in [5, 5.41) is 3.91. The molecule has 0 spiro atoms. The van der Waals surface area contributed by atoms with Gasteiger partial charge in [0.1, 0.15) is 12.9 Å². The average molecular weight is 250 g/mol. The molecule has 0 saturated carbocycles. The molecule has 0 fully saturated rings. The van der Waals surface area contributed by atoms with E-state index >= 15 is 0 Å². The number of aromatic nitrogens is 3. The van der Waals surface area contributed by atoms with Crippen LogP contribution in [0.2, 0.25) is 0 Å². The quantitative estimate of drug-likeness (QED) is 0.861. The van der Waals surface area contributed by atoms with Gasteiger partial charge in [-0.2, -0.15) is 5.10 Å². The summed E-state index contributed by atoms with van der Waals surface area (Å²) in [7, 11) is 1.76. The number of halogens is 1. The summed E-state index contributed by atoms with van der Waals surface area (Å²) >= 11 is 0. The van der Waals surface area contributed by atoms with Gasteiger partial charge in [-0.3, -0.25) is 4.68 Å². The fourth-order valence-corrected chi connectivity index (χ4v) is 1.58. The van der Waals surface area contributed by atoms with Crippen molar-refractivity contribution in [2.45, 2.75) is 13.0 Å². The second kappa shape index (κ2) is 5.59. The molecule has 0 bridgehead atoms. The van der Waals surface area contributed by atoms with Gasteiger partial charge in [0.15, 0.2) is 17.4 Å². The van der Waals surface area contributed by atoms with Crippen molar-refractivity contribution in [2.75, 3.05) is 6.54 Å². The molecule has 1 aromatic heterocycles. The Balaban J connectivity index is 2.03. The van der Waals surface area contributed by atoms with Gasteiger partial charge in [0, 0.05) is 7.05 Å². The van der Waals surface area contributed by atoms with E-state index < -0.39 is 0 Å². The molecule has 6 heteroatoms. The van der Waals surface area contributed by atoms with E-state index in [1.54, 1.807) is 17.8 Å². The van der Waals surface area contributed by atoms with E-state index in [1.807, 2.05) is 6.07 Å². The van der Waals surface area contributed by atoms with E-state index in [2.05, 4.69) is 10.1 Å². The summed E-state index contributed by atoms with van der Waals surface area (Å²) in [6.45, 7) is 0.683. The van der Waals surface area contributed by atoms with Crippen molar-refractivity contribution in [2.24, 2.45) is 12.8 Å². The Morgan fingerprint density at radius 1 is 1.44 bits per heavy atom. The van der Waals surface area contributed by atoms with Gasteiger partial charge in [0.2, 0.25) is 0 Å². The molecule has 0 aliphatic carbocycles. The van der Waals surface area contributed by atoms with E-state index in [9.17, 15) is 4.39 Å². The Morgan fingerprint density at radius 2 is 2.28 bits per heavy atom. The van der Waals surface area contributed by atoms with Crippen LogP contribution < -0.4 is 10.5 Å². The number of hydrogen-bond donors (Lipinski definition) is 1. The Labute approximate surface area is 104 Å². The monoisotopic (exact) mass is 250 g/mol. The summed E-state index contributed by atoms with van der Waals surface area (Å²) < 4.78 is 20.6. The fourth-order valence-electron chi connectivity index (χ4n) is 1.58. The predicted molar refractivity (Wildman–Crippen MR) is 64.5 cm³/mol. The number of nitrogens with two attached hydrogens (primary N) is 1. The molecule has 1 heterocycles. The van der Waals surface area contributed by atoms with E-state index in [1.165, 1.54) is 12.4 Å². The van der Waals surface area contributed by atoms with Crippen LogP contribution in [0.25, 0.3) is 0 Å². The number of ether oxygens (including phenoxy) is 1. The van der Waals surface area contributed by atoms with Crippen LogP contribution >= 0.6 is 0 Å². The van der Waals surface area contributed by atoms with Crippen molar-refractivity contribution in [3.63, 3.8) is 0 Å². The van der Waals surface area contributed by atoms with Crippen LogP contribution in [0.5, 0.6) is 5.75 Å². The highest BCUT2D eigenvalue weighted by Crippen LogP contribution is 2.19. The summed E-state index contributed by atoms with van der Waals surface area (Å²) in [6.07, 6.45) is 2.08. The van der Waals surface area contributed by atoms with Crippen molar-refractivity contribution in [1.82, 2.24) is 14.8 Å². The molecule has 2 rings (SSSR count). The Bertz CT molecular complexity index is 527. The van der Waals surface area contributed by atoms with Crippen molar-refractivity contribution >= 4 is 0 Å². The van der Waals surface area contributed by atoms with Gasteiger partial charge in [0.25, 0.3) is 0 Å². The van der Waals surface area contributed by atoms with Gasteiger partial charge in [-0.25, -0.2) is 9.37 Å². The first-order valence-corrected chi connectivity index (χ1v) is 5.65. The number of benzene rings is 1. The molecule has 2 N–H and O–H groups in total. The number of aryl methyl sites for hydroxylation is 1. The lowest BCUT2D eigenvalue weighted by molar-refractivity contribution is 0.275. The molecule has 1 aromatic carbocycles. The second-order valence-corrected chi connectivity index (χ2v) is 3.89. The summed E-state index contributed by atoms with van der Waals surface area (Å²) in [4.78, 5) is 4.00. The zero-order chi connectivity index (χ0) is 13.0. The molecule has 0 saturated heterocycles. The first-order chi connectivity index (χ1) is 8.70. The van der Waals surface area contributed by atoms with Crippen LogP contribution in [0.4, 0.5) is 4.39 Å². The van der Waals surface area contributed by atoms with Crippen LogP contribution in [-0.2, 0) is 20.1 Å². The Morgan fingerprint density at radius 3 is 2.89 bits per heavy atom. The third kappa shape index (κ3) is 2.84. The SMILES string of the molecule is Cn1ncnc1COc1ccc(CCN)cc1F. The summed E-state index contributed by atoms with van der Waals surface area (Å²) in [5.41, 5.74) is 6.28. The third-order valence-corrected chi connectivity index (χ3v) is 2.59. The number of rotatable bonds is 5. The maximum absolute atomic E-state index is 13.7. The minimum Gasteiger partial charge on any atom is -0.483 e. The molecule has 0 aliphatic heterocycles. The van der Waals surface area contributed by atoms with Crippen molar-refractivity contribution < 1.29 is 9.13 Å². The number of nitrogens with zero attached hydrogens (tertiary/aromatic N) is 3. The maximum Gasteiger partial charge on any atom is 0.165 e. The molecular weight excluding hydrogens is 235 g/mol. The molecule has 0 amide bonds. The minimum absolute atomic E-state index is 0.184. The zero-order valence-corrected chi connectivity index (χ0v) is 10.1. The van der Waals surface area contributed by atoms with Gasteiger partial charge in [0.05, 0.1) is 0 Å². The highest BCUT2D eigenvalue weighted by atomic mass is 19.1. The maximum atomic E-state index is 13.7. The zero-order valence-electron chi connectivity index (χ0n) is 10.1. The molecule has 5 nitrogen and oxygen atoms in total. The highest BCUT2D eigenvalue weighted by Gasteiger charge is 2.07. The summed E-state index contributed by atoms with van der Waals surface area (Å²) in [5.74, 6) is 0.460. The molecule has 0 aliphatic rings. The topological polar surface area (TPSA) is 66.0 Å². The van der Waals surface area contributed by atoms with E-state index in [0.717, 1.165) is 5.56 Å². The molecular formula is C12H15FN4O. The van der Waals surface area contributed by atoms with Crippen LogP contribution in [-0.4, -0.2) is 21.3 Å². The average Bonchev–Trinajstić information content (AvgIpc) is 2.74. The molecule has 18 heavy (non-hydrogen) atoms. The summed E-state index contributed by atoms with van der Waals surface area (Å²) in [6, 6.07) is 4.86. The molecule has 0 radical (unpaired) electrons. The lowest BCUT2D eigenvalue weighted by Gasteiger charge is -2.08. The molecule has 96 valence electrons. The second-order valence-electron chi connectivity index (χ2n) is 3.89. The number of hydrogen-bond acceptors (Lipinski definition) is 4. The lowest BCUT2D eigenvalue weighted by atomic mass is 10.1. The normalized spacial score (nSPS) is 10.6. The smallest absolute Gasteiger partial charge is 0.165 e. The van der Waals surface area contributed by atoms with Crippen LogP contribution in [0.15, 0.2) is 24.5 Å². The predicted octanol–water partition coefficient (Wildman–Crippen LogP) is 1.03. The van der Waals surface area contributed by atoms with Crippen molar-refractivity contribution in [1.29, 1.82) is 0 Å². The Hall–Kier alpha value is -1.95. The van der Waals surface area contributed by atoms with Gasteiger partial charge < -0.3 is 10.5 Å². The fraction of sp³-hybridized carbons (Fsp3) is 0.333. The van der Waals surface area contributed by atoms with Gasteiger partial charge >= 0.3 is 0 Å². The largest absolute Gasteiger partial charge is 0.483 e. The van der Waals surface area contributed by atoms with E-state index in [4.69, 9.17) is 10.5 Å². The van der Waals surface area contributed by atoms with Gasteiger partial charge in [-0.1, -0.05) is 6.07 Å². The van der Waals surface area contributed by atoms with Crippen LogP contribution in [0, 0.1) is 5.82 Å². The minimum atomic E-state index is -0.386. The first-order valence-electron chi connectivity index (χ1n) is 5.65. The van der Waals surface area contributed by atoms with Crippen LogP contribution in [0.3, 0.4) is 0 Å². The first kappa shape index (κ1) is 12.5. The standard InChI is InChI=1S/C12H15FN4O/c1-17-12(15-8-16-17)7-18-11-3-2-9(4-5-14)6-10(11)13/h2-3,6,8H,4-5,7,14H2,1H3. The van der Waals surface area contributed by atoms with Gasteiger partial charge in [-0.15, -0.1) is 0 Å². The van der Waals surface area contributed by atoms with Gasteiger partial charge in [-0.05, 0) is 30.7 Å². The van der Waals surface area contributed by atoms with Crippen LogP contribution in [0.1, 0.15) is 11.4 Å². The molecule has 2 aromatic rings. The highest BCUT2D eigenvalue weighted by molar-refractivity contribution is 5.29. The lowest BCUT2D eigenvalue weighted by Crippen LogP contribution is -2.06. The Kier molecular flexibility index (Phi) is 3.88. The molecule has 0 atom stereocenters. The van der Waals surface area contributed by atoms with E-state index in [-0.39, 0.29) is 18.2 Å². The molecule has 0 unspecified atom stereocenters.